The van der Waals surface area contributed by atoms with Crippen LogP contribution >= 0.6 is 11.8 Å². The number of fused-ring (bicyclic) bond motifs is 2. The number of H-pyrrole nitrogens is 2. The number of carbonyl (C=O) groups is 2. The fraction of sp³-hybridized carbons (Fsp3) is 0.176. The Morgan fingerprint density at radius 3 is 1.89 bits per heavy atom. The predicted octanol–water partition coefficient (Wildman–Crippen LogP) is 5.71. The molecule has 0 unspecified atom stereocenters. The second kappa shape index (κ2) is 21.1. The first-order valence-electron chi connectivity index (χ1n) is 22.5. The van der Waals surface area contributed by atoms with E-state index in [1.807, 2.05) is 115 Å². The molecule has 0 saturated carbocycles. The summed E-state index contributed by atoms with van der Waals surface area (Å²) in [4.78, 5) is 79.3. The summed E-state index contributed by atoms with van der Waals surface area (Å²) in [7, 11) is 0. The quantitative estimate of drug-likeness (QED) is 0.0357. The zero-order chi connectivity index (χ0) is 48.6. The average Bonchev–Trinajstić information content (AvgIpc) is 3.95. The van der Waals surface area contributed by atoms with Gasteiger partial charge in [0.25, 0.3) is 11.1 Å². The van der Waals surface area contributed by atoms with Crippen LogP contribution in [0.2, 0.25) is 0 Å². The highest BCUT2D eigenvalue weighted by molar-refractivity contribution is 7.98. The Kier molecular flexibility index (Phi) is 14.0. The van der Waals surface area contributed by atoms with E-state index in [0.29, 0.717) is 76.0 Å². The van der Waals surface area contributed by atoms with Gasteiger partial charge < -0.3 is 42.7 Å². The molecule has 5 aromatic carbocycles. The number of nitrogen functional groups attached to an aromatic ring is 2. The van der Waals surface area contributed by atoms with Gasteiger partial charge in [0.1, 0.15) is 30.3 Å². The third-order valence-electron chi connectivity index (χ3n) is 11.6. The van der Waals surface area contributed by atoms with E-state index in [-0.39, 0.29) is 55.1 Å². The molecule has 0 radical (unpaired) electrons. The van der Waals surface area contributed by atoms with E-state index in [1.165, 1.54) is 33.3 Å². The number of nitrogens with one attached hydrogen (secondary N) is 6. The maximum atomic E-state index is 14.3. The Labute approximate surface area is 405 Å². The lowest BCUT2D eigenvalue weighted by Crippen LogP contribution is -2.34. The van der Waals surface area contributed by atoms with Gasteiger partial charge in [0, 0.05) is 37.3 Å². The number of carbonyl (C=O) groups excluding carboxylic acids is 2. The average molecular weight is 955 g/mol. The molecule has 354 valence electrons. The van der Waals surface area contributed by atoms with Crippen molar-refractivity contribution in [2.75, 3.05) is 41.4 Å². The number of hydrogen-bond donors (Lipinski definition) is 8. The lowest BCUT2D eigenvalue weighted by atomic mass is 9.99. The molecule has 19 heteroatoms. The zero-order valence-corrected chi connectivity index (χ0v) is 39.0. The fourth-order valence-corrected chi connectivity index (χ4v) is 8.72. The van der Waals surface area contributed by atoms with E-state index in [1.54, 1.807) is 6.26 Å². The Morgan fingerprint density at radius 2 is 1.20 bits per heavy atom. The summed E-state index contributed by atoms with van der Waals surface area (Å²) in [6, 6.07) is 36.6. The van der Waals surface area contributed by atoms with Crippen molar-refractivity contribution in [3.8, 4) is 22.5 Å². The summed E-state index contributed by atoms with van der Waals surface area (Å²) in [6.07, 6.45) is 6.19. The van der Waals surface area contributed by atoms with E-state index in [2.05, 4.69) is 46.2 Å². The van der Waals surface area contributed by atoms with Gasteiger partial charge in [-0.05, 0) is 77.2 Å². The lowest BCUT2D eigenvalue weighted by molar-refractivity contribution is -0.122. The van der Waals surface area contributed by atoms with Crippen molar-refractivity contribution in [2.24, 2.45) is 0 Å². The Morgan fingerprint density at radius 1 is 0.614 bits per heavy atom. The first kappa shape index (κ1) is 46.4. The summed E-state index contributed by atoms with van der Waals surface area (Å²) in [6.45, 7) is 0.748. The third kappa shape index (κ3) is 10.8. The lowest BCUT2D eigenvalue weighted by Gasteiger charge is -2.16. The smallest absolute Gasteiger partial charge is 0.278 e. The molecule has 0 bridgehead atoms. The normalized spacial score (nSPS) is 11.2. The number of imidazole rings is 2. The second-order valence-electron chi connectivity index (χ2n) is 16.5. The van der Waals surface area contributed by atoms with Crippen molar-refractivity contribution in [3.63, 3.8) is 0 Å². The van der Waals surface area contributed by atoms with Gasteiger partial charge in [-0.1, -0.05) is 96.7 Å². The maximum Gasteiger partial charge on any atom is 0.278 e. The minimum absolute atomic E-state index is 0.116. The Bertz CT molecular complexity index is 3460. The Hall–Kier alpha value is -8.71. The summed E-state index contributed by atoms with van der Waals surface area (Å²) < 4.78 is 2.73. The second-order valence-corrected chi connectivity index (χ2v) is 17.3. The van der Waals surface area contributed by atoms with Gasteiger partial charge in [-0.2, -0.15) is 0 Å². The molecule has 9 aromatic rings. The van der Waals surface area contributed by atoms with Crippen LogP contribution in [0.4, 0.5) is 23.3 Å². The highest BCUT2D eigenvalue weighted by atomic mass is 32.2. The summed E-state index contributed by atoms with van der Waals surface area (Å²) in [5, 5.41) is 12.7. The molecule has 4 aromatic heterocycles. The van der Waals surface area contributed by atoms with Crippen LogP contribution in [0.5, 0.6) is 0 Å². The first-order valence-corrected chi connectivity index (χ1v) is 23.8. The van der Waals surface area contributed by atoms with Gasteiger partial charge in [0.05, 0.1) is 34.5 Å². The van der Waals surface area contributed by atoms with Crippen molar-refractivity contribution in [3.05, 3.63) is 171 Å². The molecule has 0 saturated heterocycles. The summed E-state index contributed by atoms with van der Waals surface area (Å²) in [5.41, 5.74) is 20.3. The molecule has 9 rings (SSSR count). The highest BCUT2D eigenvalue weighted by Crippen LogP contribution is 2.32. The van der Waals surface area contributed by atoms with Gasteiger partial charge in [-0.25, -0.2) is 19.9 Å². The monoisotopic (exact) mass is 954 g/mol. The molecule has 0 fully saturated rings. The summed E-state index contributed by atoms with van der Waals surface area (Å²) in [5.74, 6) is -0.0112. The number of rotatable bonds is 19. The number of thioether (sulfide) groups is 1. The zero-order valence-electron chi connectivity index (χ0n) is 38.2. The van der Waals surface area contributed by atoms with Gasteiger partial charge >= 0.3 is 0 Å². The third-order valence-corrected chi connectivity index (χ3v) is 12.3. The summed E-state index contributed by atoms with van der Waals surface area (Å²) >= 11 is 1.28. The minimum atomic E-state index is -0.415. The van der Waals surface area contributed by atoms with Crippen molar-refractivity contribution < 1.29 is 9.59 Å². The molecule has 0 aliphatic heterocycles. The number of nitrogens with zero attached hydrogens (tertiary/aromatic N) is 6. The van der Waals surface area contributed by atoms with E-state index < -0.39 is 11.5 Å². The van der Waals surface area contributed by atoms with Crippen LogP contribution in [0.3, 0.4) is 0 Å². The topological polar surface area (TPSA) is 261 Å². The highest BCUT2D eigenvalue weighted by Gasteiger charge is 2.19. The van der Waals surface area contributed by atoms with Crippen molar-refractivity contribution in [2.45, 2.75) is 44.2 Å². The van der Waals surface area contributed by atoms with Crippen molar-refractivity contribution in [1.29, 1.82) is 0 Å². The van der Waals surface area contributed by atoms with Crippen LogP contribution in [-0.4, -0.2) is 70.2 Å². The molecule has 4 heterocycles. The maximum absolute atomic E-state index is 14.3. The molecule has 0 spiro atoms. The number of anilines is 4. The van der Waals surface area contributed by atoms with Gasteiger partial charge in [-0.15, -0.1) is 0 Å². The number of aromatic amines is 2. The van der Waals surface area contributed by atoms with Crippen LogP contribution in [-0.2, 0) is 48.6 Å². The minimum Gasteiger partial charge on any atom is -0.379 e. The molecule has 0 aliphatic carbocycles. The SMILES string of the molecule is CSc1ncc(NCCc2ccccc2)c(=O)n1CC(=O)NCc1cc(-c2cccc(-c3ncc(NCCc4ccccc4)c(=O)n3CC(=O)NCc3ccc4nc(N)[nH]c4c3)c2)c2nc(N)[nH]c2c1. The largest absolute Gasteiger partial charge is 0.379 e. The standard InChI is InChI=1S/C51H50N14O4S/c1-70-51-59-28-42(55-20-18-32-11-6-3-7-12-32)48(69)65(51)30-44(67)57-26-34-21-37(45-40(23-34)62-50(53)63-45)35-13-8-14-36(24-35)46-58-27-41(54-19-17-31-9-4-2-5-10-31)47(68)64(46)29-43(66)56-25-33-15-16-38-39(22-33)61-49(52)60-38/h2-16,21-24,27-28,54-55H,17-20,25-26,29-30H2,1H3,(H,56,66)(H,57,67)(H3,52,60,61)(H3,53,62,63). The molecule has 0 atom stereocenters. The molecule has 2 amide bonds. The number of nitrogens with two attached hydrogens (primary N) is 2. The van der Waals surface area contributed by atoms with Crippen molar-refractivity contribution >= 4 is 68.9 Å². The van der Waals surface area contributed by atoms with Crippen molar-refractivity contribution in [1.82, 2.24) is 49.7 Å². The van der Waals surface area contributed by atoms with E-state index in [4.69, 9.17) is 16.5 Å². The fourth-order valence-electron chi connectivity index (χ4n) is 8.19. The van der Waals surface area contributed by atoms with Gasteiger partial charge in [0.2, 0.25) is 11.8 Å². The van der Waals surface area contributed by atoms with Gasteiger partial charge in [-0.3, -0.25) is 28.3 Å². The van der Waals surface area contributed by atoms with Crippen LogP contribution < -0.4 is 43.9 Å². The molecule has 18 nitrogen and oxygen atoms in total. The molecular formula is C51H50N14O4S. The van der Waals surface area contributed by atoms with Crippen LogP contribution in [0.1, 0.15) is 22.3 Å². The number of benzene rings is 5. The van der Waals surface area contributed by atoms with Crippen LogP contribution in [0, 0.1) is 0 Å². The molecule has 70 heavy (non-hydrogen) atoms. The predicted molar refractivity (Wildman–Crippen MR) is 275 cm³/mol. The first-order chi connectivity index (χ1) is 34.1. The number of aromatic nitrogens is 8. The molecule has 0 aliphatic rings. The van der Waals surface area contributed by atoms with Crippen LogP contribution in [0.25, 0.3) is 44.6 Å². The van der Waals surface area contributed by atoms with Crippen LogP contribution in [0.15, 0.2) is 142 Å². The molecular weight excluding hydrogens is 905 g/mol. The number of amides is 2. The van der Waals surface area contributed by atoms with E-state index in [0.717, 1.165) is 27.8 Å². The van der Waals surface area contributed by atoms with Gasteiger partial charge in [0.15, 0.2) is 17.1 Å². The Balaban J connectivity index is 0.954. The number of hydrogen-bond acceptors (Lipinski definition) is 13. The van der Waals surface area contributed by atoms with E-state index >= 15 is 0 Å². The van der Waals surface area contributed by atoms with E-state index in [9.17, 15) is 19.2 Å². The molecule has 10 N–H and O–H groups in total.